The third kappa shape index (κ3) is 4.68. The van der Waals surface area contributed by atoms with E-state index in [2.05, 4.69) is 20.6 Å². The predicted octanol–water partition coefficient (Wildman–Crippen LogP) is 4.33. The summed E-state index contributed by atoms with van der Waals surface area (Å²) in [5.41, 5.74) is 1.17. The van der Waals surface area contributed by atoms with E-state index in [1.165, 1.54) is 31.9 Å². The van der Waals surface area contributed by atoms with E-state index in [9.17, 15) is 4.79 Å². The third-order valence-corrected chi connectivity index (χ3v) is 4.41. The first-order valence-corrected chi connectivity index (χ1v) is 8.74. The zero-order valence-corrected chi connectivity index (χ0v) is 14.2. The summed E-state index contributed by atoms with van der Waals surface area (Å²) in [5, 5.41) is 6.83. The number of anilines is 2. The Morgan fingerprint density at radius 1 is 1.08 bits per heavy atom. The molecule has 1 heterocycles. The van der Waals surface area contributed by atoms with Gasteiger partial charge in [0.2, 0.25) is 0 Å². The average Bonchev–Trinajstić information content (AvgIpc) is 2.84. The van der Waals surface area contributed by atoms with Gasteiger partial charge in [-0.25, -0.2) is 9.97 Å². The largest absolute Gasteiger partial charge is 0.348 e. The highest BCUT2D eigenvalue weighted by Crippen LogP contribution is 2.19. The Hall–Kier alpha value is -2.14. The molecule has 0 aliphatic heterocycles. The lowest BCUT2D eigenvalue weighted by atomic mass is 10.1. The fourth-order valence-electron chi connectivity index (χ4n) is 2.91. The van der Waals surface area contributed by atoms with Gasteiger partial charge in [0.1, 0.15) is 11.5 Å². The highest BCUT2D eigenvalue weighted by Gasteiger charge is 2.16. The van der Waals surface area contributed by atoms with Crippen molar-refractivity contribution in [2.45, 2.75) is 44.6 Å². The molecular weight excluding hydrogens is 324 g/mol. The van der Waals surface area contributed by atoms with E-state index in [0.29, 0.717) is 16.5 Å². The molecule has 0 bridgehead atoms. The van der Waals surface area contributed by atoms with Crippen LogP contribution in [-0.2, 0) is 0 Å². The summed E-state index contributed by atoms with van der Waals surface area (Å²) in [5.74, 6) is 0.423. The number of halogens is 1. The van der Waals surface area contributed by atoms with E-state index < -0.39 is 0 Å². The van der Waals surface area contributed by atoms with E-state index in [-0.39, 0.29) is 11.9 Å². The van der Waals surface area contributed by atoms with Crippen LogP contribution in [0, 0.1) is 0 Å². The van der Waals surface area contributed by atoms with Crippen molar-refractivity contribution in [1.82, 2.24) is 15.3 Å². The quantitative estimate of drug-likeness (QED) is 0.810. The van der Waals surface area contributed by atoms with E-state index in [1.807, 2.05) is 12.1 Å². The van der Waals surface area contributed by atoms with Crippen molar-refractivity contribution in [3.8, 4) is 0 Å². The highest BCUT2D eigenvalue weighted by atomic mass is 35.5. The van der Waals surface area contributed by atoms with Crippen molar-refractivity contribution in [3.63, 3.8) is 0 Å². The Bertz CT molecular complexity index is 682. The van der Waals surface area contributed by atoms with Crippen LogP contribution >= 0.6 is 11.6 Å². The molecule has 0 saturated heterocycles. The van der Waals surface area contributed by atoms with Gasteiger partial charge in [-0.1, -0.05) is 43.4 Å². The van der Waals surface area contributed by atoms with E-state index in [4.69, 9.17) is 11.6 Å². The Kier molecular flexibility index (Phi) is 5.64. The molecule has 3 rings (SSSR count). The Morgan fingerprint density at radius 3 is 2.54 bits per heavy atom. The molecule has 0 unspecified atom stereocenters. The van der Waals surface area contributed by atoms with E-state index in [1.54, 1.807) is 18.3 Å². The molecule has 0 radical (unpaired) electrons. The van der Waals surface area contributed by atoms with Crippen LogP contribution in [0.25, 0.3) is 0 Å². The van der Waals surface area contributed by atoms with Crippen molar-refractivity contribution in [2.75, 3.05) is 5.32 Å². The molecule has 126 valence electrons. The SMILES string of the molecule is O=C(NC1CCCCCC1)c1cnc(Nc2cccc(Cl)c2)cn1. The van der Waals surface area contributed by atoms with Gasteiger partial charge in [0, 0.05) is 16.8 Å². The lowest BCUT2D eigenvalue weighted by Crippen LogP contribution is -2.34. The monoisotopic (exact) mass is 344 g/mol. The van der Waals surface area contributed by atoms with Crippen molar-refractivity contribution >= 4 is 29.0 Å². The molecule has 1 saturated carbocycles. The van der Waals surface area contributed by atoms with E-state index >= 15 is 0 Å². The smallest absolute Gasteiger partial charge is 0.271 e. The Morgan fingerprint density at radius 2 is 1.88 bits per heavy atom. The van der Waals surface area contributed by atoms with Crippen LogP contribution in [0.5, 0.6) is 0 Å². The molecule has 2 aromatic rings. The van der Waals surface area contributed by atoms with Gasteiger partial charge in [-0.05, 0) is 31.0 Å². The lowest BCUT2D eigenvalue weighted by Gasteiger charge is -2.15. The summed E-state index contributed by atoms with van der Waals surface area (Å²) in [6.07, 6.45) is 10.0. The van der Waals surface area contributed by atoms with Crippen molar-refractivity contribution < 1.29 is 4.79 Å². The maximum absolute atomic E-state index is 12.3. The second-order valence-electron chi connectivity index (χ2n) is 6.08. The minimum absolute atomic E-state index is 0.149. The summed E-state index contributed by atoms with van der Waals surface area (Å²) in [6.45, 7) is 0. The second kappa shape index (κ2) is 8.11. The number of hydrogen-bond donors (Lipinski definition) is 2. The van der Waals surface area contributed by atoms with Gasteiger partial charge in [-0.2, -0.15) is 0 Å². The molecule has 1 aliphatic carbocycles. The maximum atomic E-state index is 12.3. The summed E-state index contributed by atoms with van der Waals surface area (Å²) < 4.78 is 0. The first-order chi connectivity index (χ1) is 11.7. The Balaban J connectivity index is 1.60. The molecule has 24 heavy (non-hydrogen) atoms. The van der Waals surface area contributed by atoms with Crippen LogP contribution in [0.4, 0.5) is 11.5 Å². The fourth-order valence-corrected chi connectivity index (χ4v) is 3.10. The number of nitrogens with one attached hydrogen (secondary N) is 2. The van der Waals surface area contributed by atoms with E-state index in [0.717, 1.165) is 18.5 Å². The normalized spacial score (nSPS) is 15.5. The van der Waals surface area contributed by atoms with Gasteiger partial charge in [-0.3, -0.25) is 4.79 Å². The number of nitrogens with zero attached hydrogens (tertiary/aromatic N) is 2. The van der Waals surface area contributed by atoms with Gasteiger partial charge < -0.3 is 10.6 Å². The van der Waals surface area contributed by atoms with Crippen molar-refractivity contribution in [2.24, 2.45) is 0 Å². The molecule has 1 aromatic carbocycles. The number of carbonyl (C=O) groups is 1. The van der Waals surface area contributed by atoms with Gasteiger partial charge in [0.25, 0.3) is 5.91 Å². The van der Waals surface area contributed by atoms with Crippen molar-refractivity contribution in [3.05, 3.63) is 47.4 Å². The van der Waals surface area contributed by atoms with Gasteiger partial charge >= 0.3 is 0 Å². The molecule has 1 aliphatic rings. The first kappa shape index (κ1) is 16.7. The van der Waals surface area contributed by atoms with Gasteiger partial charge in [-0.15, -0.1) is 0 Å². The zero-order chi connectivity index (χ0) is 16.8. The van der Waals surface area contributed by atoms with Crippen LogP contribution in [-0.4, -0.2) is 21.9 Å². The second-order valence-corrected chi connectivity index (χ2v) is 6.52. The standard InChI is InChI=1S/C18H21ClN4O/c19-13-6-5-9-15(10-13)22-17-12-20-16(11-21-17)18(24)23-14-7-3-1-2-4-8-14/h5-6,9-12,14H,1-4,7-8H2,(H,21,22)(H,23,24). The first-order valence-electron chi connectivity index (χ1n) is 8.36. The average molecular weight is 345 g/mol. The Labute approximate surface area is 146 Å². The molecule has 2 N–H and O–H groups in total. The molecule has 6 heteroatoms. The molecule has 0 atom stereocenters. The zero-order valence-electron chi connectivity index (χ0n) is 13.5. The fraction of sp³-hybridized carbons (Fsp3) is 0.389. The summed E-state index contributed by atoms with van der Waals surface area (Å²) in [7, 11) is 0. The van der Waals surface area contributed by atoms with Crippen LogP contribution in [0.3, 0.4) is 0 Å². The number of benzene rings is 1. The number of rotatable bonds is 4. The molecule has 1 amide bonds. The van der Waals surface area contributed by atoms with Crippen molar-refractivity contribution in [1.29, 1.82) is 0 Å². The number of carbonyl (C=O) groups excluding carboxylic acids is 1. The molecule has 1 fully saturated rings. The van der Waals surface area contributed by atoms with Crippen LogP contribution in [0.2, 0.25) is 5.02 Å². The number of hydrogen-bond acceptors (Lipinski definition) is 4. The summed E-state index contributed by atoms with van der Waals surface area (Å²) in [6, 6.07) is 7.60. The van der Waals surface area contributed by atoms with Gasteiger partial charge in [0.05, 0.1) is 12.4 Å². The molecule has 5 nitrogen and oxygen atoms in total. The third-order valence-electron chi connectivity index (χ3n) is 4.17. The number of amides is 1. The number of aromatic nitrogens is 2. The van der Waals surface area contributed by atoms with Crippen LogP contribution in [0.1, 0.15) is 49.0 Å². The van der Waals surface area contributed by atoms with Crippen LogP contribution in [0.15, 0.2) is 36.7 Å². The molecular formula is C18H21ClN4O. The topological polar surface area (TPSA) is 66.9 Å². The molecule has 0 spiro atoms. The minimum Gasteiger partial charge on any atom is -0.348 e. The summed E-state index contributed by atoms with van der Waals surface area (Å²) in [4.78, 5) is 20.8. The van der Waals surface area contributed by atoms with Crippen LogP contribution < -0.4 is 10.6 Å². The lowest BCUT2D eigenvalue weighted by molar-refractivity contribution is 0.0928. The van der Waals surface area contributed by atoms with Gasteiger partial charge in [0.15, 0.2) is 0 Å². The minimum atomic E-state index is -0.149. The highest BCUT2D eigenvalue weighted by molar-refractivity contribution is 6.30. The maximum Gasteiger partial charge on any atom is 0.271 e. The predicted molar refractivity (Wildman–Crippen MR) is 95.7 cm³/mol. The molecule has 1 aromatic heterocycles. The summed E-state index contributed by atoms with van der Waals surface area (Å²) >= 11 is 5.95.